The van der Waals surface area contributed by atoms with Crippen LogP contribution in [0.25, 0.3) is 21.5 Å². The molecule has 1 saturated heterocycles. The monoisotopic (exact) mass is 516 g/mol. The van der Waals surface area contributed by atoms with Gasteiger partial charge in [-0.25, -0.2) is 9.97 Å². The molecule has 1 aromatic carbocycles. The molecule has 4 heterocycles. The number of nitrogens with two attached hydrogens (primary N) is 1. The van der Waals surface area contributed by atoms with Gasteiger partial charge in [0.2, 0.25) is 5.95 Å². The number of primary amides is 1. The molecule has 1 aliphatic rings. The molecule has 3 aromatic heterocycles. The molecule has 8 nitrogen and oxygen atoms in total. The first-order chi connectivity index (χ1) is 17.8. The van der Waals surface area contributed by atoms with Crippen molar-refractivity contribution < 1.29 is 9.53 Å². The third-order valence-electron chi connectivity index (χ3n) is 6.71. The van der Waals surface area contributed by atoms with E-state index in [0.29, 0.717) is 33.5 Å². The fraction of sp³-hybridized carbons (Fsp3) is 0.357. The van der Waals surface area contributed by atoms with E-state index in [2.05, 4.69) is 46.3 Å². The van der Waals surface area contributed by atoms with Crippen LogP contribution in [0.1, 0.15) is 53.4 Å². The Hall–Kier alpha value is -3.56. The molecular formula is C28H32N6O2S. The Morgan fingerprint density at radius 2 is 2.00 bits per heavy atom. The number of nitrogens with zero attached hydrogens (tertiary/aromatic N) is 4. The van der Waals surface area contributed by atoms with Crippen molar-refractivity contribution in [3.8, 4) is 17.0 Å². The Labute approximate surface area is 220 Å². The predicted octanol–water partition coefficient (Wildman–Crippen LogP) is 5.50. The van der Waals surface area contributed by atoms with Gasteiger partial charge in [0.15, 0.2) is 0 Å². The van der Waals surface area contributed by atoms with Gasteiger partial charge in [0.25, 0.3) is 5.91 Å². The van der Waals surface area contributed by atoms with E-state index in [9.17, 15) is 4.79 Å². The topological polar surface area (TPSA) is 106 Å². The number of carbonyl (C=O) groups excluding carboxylic acids is 1. The van der Waals surface area contributed by atoms with Crippen LogP contribution in [0.2, 0.25) is 0 Å². The molecule has 4 aromatic rings. The number of piperidine rings is 1. The number of aromatic nitrogens is 3. The molecule has 0 spiro atoms. The molecule has 1 fully saturated rings. The van der Waals surface area contributed by atoms with Crippen LogP contribution in [-0.4, -0.2) is 52.0 Å². The summed E-state index contributed by atoms with van der Waals surface area (Å²) in [6.45, 7) is 8.41. The van der Waals surface area contributed by atoms with Crippen LogP contribution in [0.3, 0.4) is 0 Å². The number of ether oxygens (including phenoxy) is 1. The first-order valence-corrected chi connectivity index (χ1v) is 13.4. The molecule has 9 heteroatoms. The quantitative estimate of drug-likeness (QED) is 0.334. The van der Waals surface area contributed by atoms with Crippen molar-refractivity contribution in [2.45, 2.75) is 45.6 Å². The van der Waals surface area contributed by atoms with E-state index in [1.54, 1.807) is 12.4 Å². The van der Waals surface area contributed by atoms with Crippen LogP contribution in [0.4, 0.5) is 11.6 Å². The minimum Gasteiger partial charge on any atom is -0.489 e. The zero-order valence-corrected chi connectivity index (χ0v) is 22.4. The normalized spacial score (nSPS) is 14.8. The van der Waals surface area contributed by atoms with Gasteiger partial charge in [0, 0.05) is 6.20 Å². The summed E-state index contributed by atoms with van der Waals surface area (Å²) in [7, 11) is 2.18. The van der Waals surface area contributed by atoms with Crippen LogP contribution in [0.15, 0.2) is 42.7 Å². The molecule has 37 heavy (non-hydrogen) atoms. The van der Waals surface area contributed by atoms with Crippen LogP contribution in [0, 0.1) is 6.92 Å². The van der Waals surface area contributed by atoms with Gasteiger partial charge in [-0.1, -0.05) is 6.07 Å². The van der Waals surface area contributed by atoms with E-state index in [4.69, 9.17) is 15.5 Å². The maximum atomic E-state index is 12.2. The van der Waals surface area contributed by atoms with Gasteiger partial charge in [-0.15, -0.1) is 11.3 Å². The summed E-state index contributed by atoms with van der Waals surface area (Å²) >= 11 is 1.28. The number of nitrogens with one attached hydrogen (secondary N) is 1. The molecule has 0 saturated carbocycles. The Balaban J connectivity index is 1.54. The maximum Gasteiger partial charge on any atom is 0.259 e. The molecule has 3 N–H and O–H groups in total. The highest BCUT2D eigenvalue weighted by Crippen LogP contribution is 2.39. The summed E-state index contributed by atoms with van der Waals surface area (Å²) in [6.07, 6.45) is 5.71. The van der Waals surface area contributed by atoms with Gasteiger partial charge in [-0.3, -0.25) is 9.78 Å². The number of amides is 1. The summed E-state index contributed by atoms with van der Waals surface area (Å²) in [5, 5.41) is 3.38. The van der Waals surface area contributed by atoms with E-state index >= 15 is 0 Å². The zero-order chi connectivity index (χ0) is 26.1. The molecular weight excluding hydrogens is 484 g/mol. The molecule has 0 unspecified atom stereocenters. The van der Waals surface area contributed by atoms with E-state index in [-0.39, 0.29) is 6.10 Å². The average molecular weight is 517 g/mol. The van der Waals surface area contributed by atoms with Gasteiger partial charge >= 0.3 is 0 Å². The second-order valence-corrected chi connectivity index (χ2v) is 10.9. The largest absolute Gasteiger partial charge is 0.489 e. The minimum atomic E-state index is -0.508. The fourth-order valence-corrected chi connectivity index (χ4v) is 5.88. The molecule has 0 aliphatic carbocycles. The number of pyridine rings is 1. The highest BCUT2D eigenvalue weighted by Gasteiger charge is 2.24. The maximum absolute atomic E-state index is 12.2. The van der Waals surface area contributed by atoms with Gasteiger partial charge < -0.3 is 20.7 Å². The van der Waals surface area contributed by atoms with Crippen molar-refractivity contribution in [1.82, 2.24) is 19.9 Å². The first kappa shape index (κ1) is 25.1. The lowest BCUT2D eigenvalue weighted by molar-refractivity contribution is 0.100. The Morgan fingerprint density at radius 3 is 2.68 bits per heavy atom. The number of likely N-dealkylation sites (tertiary alicyclic amines) is 1. The lowest BCUT2D eigenvalue weighted by atomic mass is 9.86. The second-order valence-electron chi connectivity index (χ2n) is 9.87. The number of benzene rings is 1. The van der Waals surface area contributed by atoms with Crippen molar-refractivity contribution in [2.75, 3.05) is 25.5 Å². The number of rotatable bonds is 7. The molecule has 0 radical (unpaired) electrons. The summed E-state index contributed by atoms with van der Waals surface area (Å²) in [6, 6.07) is 9.87. The number of fused-ring (bicyclic) bond motifs is 1. The fourth-order valence-electron chi connectivity index (χ4n) is 4.91. The van der Waals surface area contributed by atoms with Crippen molar-refractivity contribution >= 4 is 39.1 Å². The lowest BCUT2D eigenvalue weighted by Crippen LogP contribution is -2.29. The third-order valence-corrected chi connectivity index (χ3v) is 7.84. The smallest absolute Gasteiger partial charge is 0.259 e. The van der Waals surface area contributed by atoms with Crippen molar-refractivity contribution in [3.05, 3.63) is 58.7 Å². The Morgan fingerprint density at radius 1 is 1.22 bits per heavy atom. The number of carbonyl (C=O) groups is 1. The number of anilines is 2. The van der Waals surface area contributed by atoms with E-state index in [1.165, 1.54) is 22.5 Å². The average Bonchev–Trinajstić information content (AvgIpc) is 3.26. The SMILES string of the molecule is Cc1cc(Nc2ncc3sc(C(N)=O)c(-c4ccccn4)c3n2)c(OC(C)C)cc1C1CCN(C)CC1. The minimum absolute atomic E-state index is 0.0164. The molecule has 192 valence electrons. The highest BCUT2D eigenvalue weighted by atomic mass is 32.1. The van der Waals surface area contributed by atoms with Gasteiger partial charge in [-0.05, 0) is 95.1 Å². The predicted molar refractivity (Wildman–Crippen MR) is 149 cm³/mol. The zero-order valence-electron chi connectivity index (χ0n) is 21.6. The summed E-state index contributed by atoms with van der Waals surface area (Å²) in [4.78, 5) is 28.8. The van der Waals surface area contributed by atoms with Crippen molar-refractivity contribution in [2.24, 2.45) is 5.73 Å². The van der Waals surface area contributed by atoms with Crippen LogP contribution in [-0.2, 0) is 0 Å². The van der Waals surface area contributed by atoms with E-state index in [1.807, 2.05) is 32.0 Å². The second kappa shape index (κ2) is 10.4. The van der Waals surface area contributed by atoms with Gasteiger partial charge in [-0.2, -0.15) is 0 Å². The van der Waals surface area contributed by atoms with E-state index < -0.39 is 5.91 Å². The molecule has 1 amide bonds. The molecule has 1 aliphatic heterocycles. The number of hydrogen-bond acceptors (Lipinski definition) is 8. The summed E-state index contributed by atoms with van der Waals surface area (Å²) in [5.41, 5.74) is 11.0. The summed E-state index contributed by atoms with van der Waals surface area (Å²) in [5.74, 6) is 1.21. The summed E-state index contributed by atoms with van der Waals surface area (Å²) < 4.78 is 7.01. The van der Waals surface area contributed by atoms with Crippen LogP contribution in [0.5, 0.6) is 5.75 Å². The Bertz CT molecular complexity index is 1430. The molecule has 0 bridgehead atoms. The van der Waals surface area contributed by atoms with Gasteiger partial charge in [0.05, 0.1) is 39.5 Å². The lowest BCUT2D eigenvalue weighted by Gasteiger charge is -2.30. The molecule has 0 atom stereocenters. The van der Waals surface area contributed by atoms with Crippen molar-refractivity contribution in [3.63, 3.8) is 0 Å². The Kier molecular flexibility index (Phi) is 7.08. The number of hydrogen-bond donors (Lipinski definition) is 2. The third kappa shape index (κ3) is 5.28. The first-order valence-electron chi connectivity index (χ1n) is 12.6. The number of aryl methyl sites for hydroxylation is 1. The standard InChI is InChI=1S/C28H32N6O2S/c1-16(2)36-22-14-19(18-8-11-34(4)12-9-18)17(3)13-21(22)32-28-31-15-23-25(33-28)24(26(37-23)27(29)35)20-7-5-6-10-30-20/h5-7,10,13-16,18H,8-9,11-12H2,1-4H3,(H2,29,35)(H,31,32,33). The van der Waals surface area contributed by atoms with Crippen LogP contribution < -0.4 is 15.8 Å². The van der Waals surface area contributed by atoms with Gasteiger partial charge in [0.1, 0.15) is 10.6 Å². The van der Waals surface area contributed by atoms with Crippen molar-refractivity contribution in [1.29, 1.82) is 0 Å². The molecule has 5 rings (SSSR count). The number of thiophene rings is 1. The highest BCUT2D eigenvalue weighted by molar-refractivity contribution is 7.21. The van der Waals surface area contributed by atoms with E-state index in [0.717, 1.165) is 42.1 Å². The van der Waals surface area contributed by atoms with Crippen LogP contribution >= 0.6 is 11.3 Å².